The highest BCUT2D eigenvalue weighted by Crippen LogP contribution is 2.32. The average Bonchev–Trinajstić information content (AvgIpc) is 2.45. The fraction of sp³-hybridized carbons (Fsp3) is 0.312. The Hall–Kier alpha value is -1.46. The second-order valence-electron chi connectivity index (χ2n) is 4.79. The number of aryl methyl sites for hydroxylation is 1. The van der Waals surface area contributed by atoms with E-state index >= 15 is 0 Å². The maximum atomic E-state index is 13.4. The summed E-state index contributed by atoms with van der Waals surface area (Å²) < 4.78 is 19.9. The van der Waals surface area contributed by atoms with Gasteiger partial charge in [0.2, 0.25) is 0 Å². The maximum absolute atomic E-state index is 13.4. The summed E-state index contributed by atoms with van der Waals surface area (Å²) in [5.74, 6) is 0.819. The lowest BCUT2D eigenvalue weighted by Gasteiger charge is -2.13. The van der Waals surface area contributed by atoms with Crippen LogP contribution in [0.3, 0.4) is 0 Å². The van der Waals surface area contributed by atoms with Crippen LogP contribution in [-0.4, -0.2) is 11.5 Å². The Balaban J connectivity index is 2.25. The normalized spacial score (nSPS) is 10.7. The van der Waals surface area contributed by atoms with Crippen molar-refractivity contribution in [3.05, 3.63) is 52.0 Å². The van der Waals surface area contributed by atoms with Gasteiger partial charge in [-0.15, -0.1) is 0 Å². The molecule has 0 aliphatic rings. The monoisotopic (exact) mass is 352 g/mol. The van der Waals surface area contributed by atoms with Crippen LogP contribution < -0.4 is 10.1 Å². The largest absolute Gasteiger partial charge is 0.456 e. The molecular formula is C16H18BrFN2O. The Labute approximate surface area is 132 Å². The molecule has 1 aromatic heterocycles. The van der Waals surface area contributed by atoms with Crippen LogP contribution >= 0.6 is 15.9 Å². The van der Waals surface area contributed by atoms with E-state index in [1.807, 2.05) is 13.0 Å². The van der Waals surface area contributed by atoms with Crippen molar-refractivity contribution in [2.24, 2.45) is 0 Å². The van der Waals surface area contributed by atoms with Crippen molar-refractivity contribution < 1.29 is 9.13 Å². The molecule has 21 heavy (non-hydrogen) atoms. The SMILES string of the molecule is CCCNCc1cnc(C)cc1Oc1cc(F)ccc1Br. The molecule has 0 radical (unpaired) electrons. The summed E-state index contributed by atoms with van der Waals surface area (Å²) in [6, 6.07) is 6.25. The number of nitrogens with zero attached hydrogens (tertiary/aromatic N) is 1. The van der Waals surface area contributed by atoms with Crippen molar-refractivity contribution in [3.63, 3.8) is 0 Å². The van der Waals surface area contributed by atoms with Gasteiger partial charge in [0.05, 0.1) is 4.47 Å². The number of pyridine rings is 1. The summed E-state index contributed by atoms with van der Waals surface area (Å²) in [5, 5.41) is 3.32. The van der Waals surface area contributed by atoms with Crippen LogP contribution in [-0.2, 0) is 6.54 Å². The molecule has 0 spiro atoms. The standard InChI is InChI=1S/C16H18BrFN2O/c1-3-6-19-9-12-10-20-11(2)7-15(12)21-16-8-13(18)4-5-14(16)17/h4-5,7-8,10,19H,3,6,9H2,1-2H3. The third-order valence-corrected chi connectivity index (χ3v) is 3.59. The molecule has 5 heteroatoms. The molecule has 0 amide bonds. The highest BCUT2D eigenvalue weighted by Gasteiger charge is 2.09. The summed E-state index contributed by atoms with van der Waals surface area (Å²) in [4.78, 5) is 4.29. The first-order valence-electron chi connectivity index (χ1n) is 6.89. The number of nitrogens with one attached hydrogen (secondary N) is 1. The number of benzene rings is 1. The smallest absolute Gasteiger partial charge is 0.144 e. The lowest BCUT2D eigenvalue weighted by molar-refractivity contribution is 0.463. The van der Waals surface area contributed by atoms with Gasteiger partial charge in [-0.2, -0.15) is 0 Å². The molecule has 0 atom stereocenters. The molecule has 112 valence electrons. The van der Waals surface area contributed by atoms with Gasteiger partial charge in [-0.05, 0) is 48.0 Å². The number of ether oxygens (including phenoxy) is 1. The van der Waals surface area contributed by atoms with E-state index in [1.54, 1.807) is 12.3 Å². The van der Waals surface area contributed by atoms with Crippen LogP contribution in [0.4, 0.5) is 4.39 Å². The Kier molecular flexibility index (Phi) is 5.70. The Morgan fingerprint density at radius 1 is 1.29 bits per heavy atom. The molecule has 0 aliphatic heterocycles. The highest BCUT2D eigenvalue weighted by molar-refractivity contribution is 9.10. The second kappa shape index (κ2) is 7.52. The van der Waals surface area contributed by atoms with Crippen LogP contribution in [0.25, 0.3) is 0 Å². The van der Waals surface area contributed by atoms with Crippen LogP contribution in [0.2, 0.25) is 0 Å². The zero-order valence-corrected chi connectivity index (χ0v) is 13.7. The van der Waals surface area contributed by atoms with E-state index < -0.39 is 0 Å². The van der Waals surface area contributed by atoms with Gasteiger partial charge in [0.25, 0.3) is 0 Å². The Morgan fingerprint density at radius 2 is 2.10 bits per heavy atom. The van der Waals surface area contributed by atoms with Gasteiger partial charge in [-0.3, -0.25) is 4.98 Å². The van der Waals surface area contributed by atoms with Gasteiger partial charge in [0, 0.05) is 36.1 Å². The van der Waals surface area contributed by atoms with Crippen molar-refractivity contribution in [2.45, 2.75) is 26.8 Å². The molecule has 0 bridgehead atoms. The fourth-order valence-corrected chi connectivity index (χ4v) is 2.19. The van der Waals surface area contributed by atoms with Crippen molar-refractivity contribution in [2.75, 3.05) is 6.54 Å². The van der Waals surface area contributed by atoms with Crippen molar-refractivity contribution in [3.8, 4) is 11.5 Å². The lowest BCUT2D eigenvalue weighted by atomic mass is 10.2. The molecule has 0 fully saturated rings. The Morgan fingerprint density at radius 3 is 2.86 bits per heavy atom. The predicted octanol–water partition coefficient (Wildman–Crippen LogP) is 4.58. The van der Waals surface area contributed by atoms with Crippen LogP contribution in [0.15, 0.2) is 34.9 Å². The number of rotatable bonds is 6. The number of hydrogen-bond donors (Lipinski definition) is 1. The van der Waals surface area contributed by atoms with E-state index in [0.717, 1.165) is 24.2 Å². The second-order valence-corrected chi connectivity index (χ2v) is 5.64. The third-order valence-electron chi connectivity index (χ3n) is 2.94. The summed E-state index contributed by atoms with van der Waals surface area (Å²) in [6.45, 7) is 5.61. The van der Waals surface area contributed by atoms with Gasteiger partial charge in [-0.1, -0.05) is 6.92 Å². The van der Waals surface area contributed by atoms with Crippen LogP contribution in [0, 0.1) is 12.7 Å². The molecule has 3 nitrogen and oxygen atoms in total. The van der Waals surface area contributed by atoms with Gasteiger partial charge in [-0.25, -0.2) is 4.39 Å². The van der Waals surface area contributed by atoms with E-state index in [1.165, 1.54) is 12.1 Å². The molecule has 1 aromatic carbocycles. The highest BCUT2D eigenvalue weighted by atomic mass is 79.9. The molecule has 0 saturated heterocycles. The van der Waals surface area contributed by atoms with Gasteiger partial charge >= 0.3 is 0 Å². The minimum atomic E-state index is -0.329. The first-order chi connectivity index (χ1) is 10.1. The molecular weight excluding hydrogens is 335 g/mol. The van der Waals surface area contributed by atoms with Gasteiger partial charge in [0.1, 0.15) is 17.3 Å². The van der Waals surface area contributed by atoms with E-state index in [4.69, 9.17) is 4.74 Å². The minimum absolute atomic E-state index is 0.329. The number of hydrogen-bond acceptors (Lipinski definition) is 3. The first-order valence-corrected chi connectivity index (χ1v) is 7.68. The molecule has 0 aliphatic carbocycles. The molecule has 2 aromatic rings. The molecule has 0 unspecified atom stereocenters. The lowest BCUT2D eigenvalue weighted by Crippen LogP contribution is -2.14. The summed E-state index contributed by atoms with van der Waals surface area (Å²) in [5.41, 5.74) is 1.81. The summed E-state index contributed by atoms with van der Waals surface area (Å²) in [6.07, 6.45) is 2.85. The predicted molar refractivity (Wildman–Crippen MR) is 85.1 cm³/mol. The minimum Gasteiger partial charge on any atom is -0.456 e. The zero-order valence-electron chi connectivity index (χ0n) is 12.1. The molecule has 1 heterocycles. The topological polar surface area (TPSA) is 34.2 Å². The van der Waals surface area contributed by atoms with Crippen molar-refractivity contribution in [1.82, 2.24) is 10.3 Å². The van der Waals surface area contributed by atoms with E-state index in [-0.39, 0.29) is 5.82 Å². The maximum Gasteiger partial charge on any atom is 0.144 e. The zero-order chi connectivity index (χ0) is 15.2. The molecule has 2 rings (SSSR count). The van der Waals surface area contributed by atoms with Crippen molar-refractivity contribution in [1.29, 1.82) is 0 Å². The van der Waals surface area contributed by atoms with Crippen LogP contribution in [0.5, 0.6) is 11.5 Å². The molecule has 1 N–H and O–H groups in total. The average molecular weight is 353 g/mol. The summed E-state index contributed by atoms with van der Waals surface area (Å²) >= 11 is 3.37. The fourth-order valence-electron chi connectivity index (χ4n) is 1.86. The summed E-state index contributed by atoms with van der Waals surface area (Å²) in [7, 11) is 0. The quantitative estimate of drug-likeness (QED) is 0.772. The van der Waals surface area contributed by atoms with E-state index in [2.05, 4.69) is 33.2 Å². The van der Waals surface area contributed by atoms with Gasteiger partial charge in [0.15, 0.2) is 0 Å². The Bertz CT molecular complexity index is 619. The van der Waals surface area contributed by atoms with Crippen molar-refractivity contribution >= 4 is 15.9 Å². The number of aromatic nitrogens is 1. The van der Waals surface area contributed by atoms with Gasteiger partial charge < -0.3 is 10.1 Å². The third kappa shape index (κ3) is 4.51. The van der Waals surface area contributed by atoms with E-state index in [0.29, 0.717) is 22.5 Å². The number of halogens is 2. The first kappa shape index (κ1) is 15.9. The molecule has 0 saturated carbocycles. The van der Waals surface area contributed by atoms with E-state index in [9.17, 15) is 4.39 Å². The van der Waals surface area contributed by atoms with Crippen LogP contribution in [0.1, 0.15) is 24.6 Å².